The Labute approximate surface area is 227 Å². The topological polar surface area (TPSA) is 150 Å². The highest BCUT2D eigenvalue weighted by molar-refractivity contribution is 6.50. The van der Waals surface area contributed by atoms with Gasteiger partial charge in [-0.25, -0.2) is 4.98 Å². The number of imidazole rings is 1. The van der Waals surface area contributed by atoms with Crippen LogP contribution >= 0.6 is 0 Å². The van der Waals surface area contributed by atoms with Crippen molar-refractivity contribution >= 4 is 34.2 Å². The van der Waals surface area contributed by atoms with Gasteiger partial charge in [-0.3, -0.25) is 19.9 Å². The molecule has 11 nitrogen and oxygen atoms in total. The Bertz CT molecular complexity index is 1400. The minimum atomic E-state index is -4.79. The lowest BCUT2D eigenvalue weighted by Crippen LogP contribution is -2.58. The SMILES string of the molecule is NC(=O)C1(c2nc3ccccc3[nH]2)NCN=C1C(=O)Nc1ccc(OCCCN2CCNCC2)cc1C(F)(F)F. The number of anilines is 1. The lowest BCUT2D eigenvalue weighted by molar-refractivity contribution is -0.137. The molecule has 1 saturated heterocycles. The summed E-state index contributed by atoms with van der Waals surface area (Å²) in [5, 5.41) is 8.31. The number of nitrogens with zero attached hydrogens (tertiary/aromatic N) is 3. The minimum Gasteiger partial charge on any atom is -0.494 e. The Morgan fingerprint density at radius 1 is 1.15 bits per heavy atom. The maximum atomic E-state index is 14.0. The van der Waals surface area contributed by atoms with Gasteiger partial charge in [-0.05, 0) is 36.8 Å². The number of rotatable bonds is 9. The van der Waals surface area contributed by atoms with E-state index >= 15 is 0 Å². The Hall–Kier alpha value is -4.01. The summed E-state index contributed by atoms with van der Waals surface area (Å²) < 4.78 is 47.6. The van der Waals surface area contributed by atoms with Crippen molar-refractivity contribution in [2.45, 2.75) is 18.1 Å². The van der Waals surface area contributed by atoms with Gasteiger partial charge in [0.05, 0.1) is 35.6 Å². The van der Waals surface area contributed by atoms with E-state index in [0.717, 1.165) is 44.9 Å². The number of fused-ring (bicyclic) bond motifs is 1. The zero-order valence-corrected chi connectivity index (χ0v) is 21.5. The van der Waals surface area contributed by atoms with Gasteiger partial charge < -0.3 is 31.0 Å². The number of H-pyrrole nitrogens is 1. The number of carbonyl (C=O) groups excluding carboxylic acids is 2. The zero-order valence-electron chi connectivity index (χ0n) is 21.5. The van der Waals surface area contributed by atoms with E-state index in [9.17, 15) is 22.8 Å². The molecule has 0 spiro atoms. The van der Waals surface area contributed by atoms with Gasteiger partial charge >= 0.3 is 6.18 Å². The molecule has 3 aromatic rings. The molecule has 0 radical (unpaired) electrons. The molecule has 40 heavy (non-hydrogen) atoms. The number of primary amides is 1. The van der Waals surface area contributed by atoms with Crippen LogP contribution in [0.2, 0.25) is 0 Å². The number of piperazine rings is 1. The predicted octanol–water partition coefficient (Wildman–Crippen LogP) is 1.58. The number of alkyl halides is 3. The first-order valence-corrected chi connectivity index (χ1v) is 12.8. The van der Waals surface area contributed by atoms with E-state index in [1.54, 1.807) is 24.3 Å². The van der Waals surface area contributed by atoms with Crippen LogP contribution in [-0.4, -0.2) is 78.4 Å². The fourth-order valence-corrected chi connectivity index (χ4v) is 4.88. The summed E-state index contributed by atoms with van der Waals surface area (Å²) in [4.78, 5) is 39.7. The Morgan fingerprint density at radius 2 is 1.93 bits per heavy atom. The summed E-state index contributed by atoms with van der Waals surface area (Å²) in [6, 6.07) is 10.2. The number of aromatic amines is 1. The molecular formula is C26H29F3N8O3. The zero-order chi connectivity index (χ0) is 28.3. The van der Waals surface area contributed by atoms with Crippen molar-refractivity contribution < 1.29 is 27.5 Å². The molecule has 1 aromatic heterocycles. The van der Waals surface area contributed by atoms with Crippen LogP contribution in [0.5, 0.6) is 5.75 Å². The van der Waals surface area contributed by atoms with Gasteiger partial charge in [-0.1, -0.05) is 12.1 Å². The fraction of sp³-hybridized carbons (Fsp3) is 0.385. The van der Waals surface area contributed by atoms with E-state index < -0.39 is 40.5 Å². The minimum absolute atomic E-state index is 0.00760. The van der Waals surface area contributed by atoms with Crippen molar-refractivity contribution in [2.24, 2.45) is 10.7 Å². The van der Waals surface area contributed by atoms with Crippen LogP contribution < -0.4 is 26.4 Å². The molecular weight excluding hydrogens is 529 g/mol. The first-order chi connectivity index (χ1) is 19.2. The highest BCUT2D eigenvalue weighted by Gasteiger charge is 2.52. The quantitative estimate of drug-likeness (QED) is 0.250. The molecule has 2 aliphatic heterocycles. The molecule has 212 valence electrons. The van der Waals surface area contributed by atoms with E-state index in [1.165, 1.54) is 6.07 Å². The van der Waals surface area contributed by atoms with Crippen molar-refractivity contribution in [3.63, 3.8) is 0 Å². The molecule has 0 saturated carbocycles. The molecule has 0 aliphatic carbocycles. The normalized spacial score (nSPS) is 19.9. The number of nitrogens with one attached hydrogen (secondary N) is 4. The molecule has 1 unspecified atom stereocenters. The molecule has 0 bridgehead atoms. The maximum absolute atomic E-state index is 14.0. The van der Waals surface area contributed by atoms with E-state index in [2.05, 4.69) is 35.8 Å². The third kappa shape index (κ3) is 5.50. The molecule has 14 heteroatoms. The summed E-state index contributed by atoms with van der Waals surface area (Å²) in [6.45, 7) is 4.50. The lowest BCUT2D eigenvalue weighted by atomic mass is 9.91. The van der Waals surface area contributed by atoms with Gasteiger partial charge in [0.1, 0.15) is 17.3 Å². The summed E-state index contributed by atoms with van der Waals surface area (Å²) in [6.07, 6.45) is -4.14. The second-order valence-electron chi connectivity index (χ2n) is 9.51. The van der Waals surface area contributed by atoms with Crippen LogP contribution in [-0.2, 0) is 21.3 Å². The summed E-state index contributed by atoms with van der Waals surface area (Å²) in [5.41, 5.74) is 2.82. The van der Waals surface area contributed by atoms with Gasteiger partial charge in [-0.15, -0.1) is 0 Å². The van der Waals surface area contributed by atoms with Crippen molar-refractivity contribution in [3.8, 4) is 5.75 Å². The number of hydrogen-bond donors (Lipinski definition) is 5. The number of para-hydroxylation sites is 2. The first-order valence-electron chi connectivity index (χ1n) is 12.8. The molecule has 2 amide bonds. The monoisotopic (exact) mass is 558 g/mol. The number of carbonyl (C=O) groups is 2. The molecule has 2 aliphatic rings. The second kappa shape index (κ2) is 11.2. The van der Waals surface area contributed by atoms with Gasteiger partial charge in [0.25, 0.3) is 11.8 Å². The second-order valence-corrected chi connectivity index (χ2v) is 9.51. The molecule has 2 aromatic carbocycles. The Balaban J connectivity index is 1.33. The molecule has 1 fully saturated rings. The van der Waals surface area contributed by atoms with E-state index in [4.69, 9.17) is 10.5 Å². The van der Waals surface area contributed by atoms with Gasteiger partial charge in [-0.2, -0.15) is 13.2 Å². The predicted molar refractivity (Wildman–Crippen MR) is 142 cm³/mol. The number of halogens is 3. The number of amides is 2. The van der Waals surface area contributed by atoms with E-state index in [-0.39, 0.29) is 24.8 Å². The van der Waals surface area contributed by atoms with Crippen molar-refractivity contribution in [1.82, 2.24) is 25.5 Å². The standard InChI is InChI=1S/C26H29F3N8O3/c27-26(28,29)17-14-16(40-13-3-10-37-11-8-31-9-12-37)6-7-18(17)34-22(38)21-25(23(30)39,33-15-32-21)24-35-19-4-1-2-5-20(19)36-24/h1-2,4-7,14,31,33H,3,8-13,15H2,(H2,30,39)(H,34,38)(H,35,36). The van der Waals surface area contributed by atoms with Crippen LogP contribution in [0.15, 0.2) is 47.5 Å². The van der Waals surface area contributed by atoms with Crippen LogP contribution in [0, 0.1) is 0 Å². The number of ether oxygens (including phenoxy) is 1. The highest BCUT2D eigenvalue weighted by Crippen LogP contribution is 2.38. The van der Waals surface area contributed by atoms with Gasteiger partial charge in [0, 0.05) is 32.7 Å². The Morgan fingerprint density at radius 3 is 2.65 bits per heavy atom. The third-order valence-corrected chi connectivity index (χ3v) is 6.91. The highest BCUT2D eigenvalue weighted by atomic mass is 19.4. The number of hydrogen-bond acceptors (Lipinski definition) is 8. The smallest absolute Gasteiger partial charge is 0.418 e. The third-order valence-electron chi connectivity index (χ3n) is 6.91. The lowest BCUT2D eigenvalue weighted by Gasteiger charge is -2.27. The molecule has 5 rings (SSSR count). The van der Waals surface area contributed by atoms with E-state index in [0.29, 0.717) is 17.5 Å². The Kier molecular flexibility index (Phi) is 7.74. The van der Waals surface area contributed by atoms with Crippen LogP contribution in [0.4, 0.5) is 18.9 Å². The average molecular weight is 559 g/mol. The number of benzene rings is 2. The first kappa shape index (κ1) is 27.6. The number of aliphatic imine (C=N–C) groups is 1. The summed E-state index contributed by atoms with van der Waals surface area (Å²) in [7, 11) is 0. The van der Waals surface area contributed by atoms with Gasteiger partial charge in [0.15, 0.2) is 0 Å². The average Bonchev–Trinajstić information content (AvgIpc) is 3.57. The molecule has 6 N–H and O–H groups in total. The summed E-state index contributed by atoms with van der Waals surface area (Å²) in [5.74, 6) is -1.98. The van der Waals surface area contributed by atoms with Crippen LogP contribution in [0.1, 0.15) is 17.8 Å². The van der Waals surface area contributed by atoms with Crippen molar-refractivity contribution in [1.29, 1.82) is 0 Å². The van der Waals surface area contributed by atoms with E-state index in [1.807, 2.05) is 0 Å². The molecule has 3 heterocycles. The van der Waals surface area contributed by atoms with Crippen molar-refractivity contribution in [2.75, 3.05) is 51.3 Å². The number of aromatic nitrogens is 2. The van der Waals surface area contributed by atoms with Crippen LogP contribution in [0.3, 0.4) is 0 Å². The number of nitrogens with two attached hydrogens (primary N) is 1. The van der Waals surface area contributed by atoms with Crippen molar-refractivity contribution in [3.05, 3.63) is 53.9 Å². The summed E-state index contributed by atoms with van der Waals surface area (Å²) >= 11 is 0. The largest absolute Gasteiger partial charge is 0.494 e. The van der Waals surface area contributed by atoms with Gasteiger partial charge in [0.2, 0.25) is 5.54 Å². The maximum Gasteiger partial charge on any atom is 0.418 e. The fourth-order valence-electron chi connectivity index (χ4n) is 4.88. The molecule has 1 atom stereocenters. The van der Waals surface area contributed by atoms with Crippen LogP contribution in [0.25, 0.3) is 11.0 Å².